The number of hydrogen-bond acceptors (Lipinski definition) is 2. The first-order chi connectivity index (χ1) is 10.9. The number of benzene rings is 2. The van der Waals surface area contributed by atoms with Gasteiger partial charge in [-0.15, -0.1) is 0 Å². The van der Waals surface area contributed by atoms with Crippen LogP contribution in [0.25, 0.3) is 0 Å². The van der Waals surface area contributed by atoms with Gasteiger partial charge in [0.2, 0.25) is 5.91 Å². The largest absolute Gasteiger partial charge is 0.362 e. The highest BCUT2D eigenvalue weighted by Crippen LogP contribution is 2.23. The monoisotopic (exact) mass is 310 g/mol. The van der Waals surface area contributed by atoms with Gasteiger partial charge in [0.05, 0.1) is 6.54 Å². The van der Waals surface area contributed by atoms with Crippen LogP contribution in [-0.4, -0.2) is 19.0 Å². The molecule has 23 heavy (non-hydrogen) atoms. The standard InChI is InChI=1S/C20H26N2O/c1-5-22(18-9-7-6-8-10-18)15-19(23)21-17-13-11-16(12-14-17)20(2,3)4/h6-14H,5,15H2,1-4H3,(H,21,23). The molecule has 2 aromatic carbocycles. The minimum absolute atomic E-state index is 0.000730. The molecule has 3 nitrogen and oxygen atoms in total. The van der Waals surface area contributed by atoms with Gasteiger partial charge < -0.3 is 10.2 Å². The molecule has 0 unspecified atom stereocenters. The van der Waals surface area contributed by atoms with Crippen molar-refractivity contribution in [2.45, 2.75) is 33.1 Å². The van der Waals surface area contributed by atoms with Crippen LogP contribution in [0.15, 0.2) is 54.6 Å². The number of rotatable bonds is 5. The molecule has 2 aromatic rings. The molecule has 0 heterocycles. The highest BCUT2D eigenvalue weighted by Gasteiger charge is 2.14. The van der Waals surface area contributed by atoms with Crippen molar-refractivity contribution in [3.63, 3.8) is 0 Å². The first-order valence-corrected chi connectivity index (χ1v) is 8.10. The first-order valence-electron chi connectivity index (χ1n) is 8.10. The van der Waals surface area contributed by atoms with Crippen molar-refractivity contribution >= 4 is 17.3 Å². The van der Waals surface area contributed by atoms with Crippen LogP contribution in [0.3, 0.4) is 0 Å². The van der Waals surface area contributed by atoms with Crippen LogP contribution in [0.5, 0.6) is 0 Å². The van der Waals surface area contributed by atoms with E-state index in [4.69, 9.17) is 0 Å². The van der Waals surface area contributed by atoms with Crippen molar-refractivity contribution in [2.75, 3.05) is 23.3 Å². The lowest BCUT2D eigenvalue weighted by atomic mass is 9.87. The predicted octanol–water partition coefficient (Wildman–Crippen LogP) is 4.45. The average molecular weight is 310 g/mol. The van der Waals surface area contributed by atoms with Crippen molar-refractivity contribution < 1.29 is 4.79 Å². The maximum absolute atomic E-state index is 12.3. The molecule has 1 amide bonds. The van der Waals surface area contributed by atoms with Crippen LogP contribution in [0, 0.1) is 0 Å². The molecule has 0 aliphatic carbocycles. The molecule has 0 atom stereocenters. The van der Waals surface area contributed by atoms with E-state index >= 15 is 0 Å². The topological polar surface area (TPSA) is 32.3 Å². The molecule has 0 saturated heterocycles. The van der Waals surface area contributed by atoms with E-state index in [1.165, 1.54) is 5.56 Å². The molecule has 1 N–H and O–H groups in total. The molecule has 0 aliphatic rings. The Labute approximate surface area is 139 Å². The van der Waals surface area contributed by atoms with E-state index in [0.29, 0.717) is 6.54 Å². The van der Waals surface area contributed by atoms with Crippen LogP contribution in [0.1, 0.15) is 33.3 Å². The van der Waals surface area contributed by atoms with Gasteiger partial charge in [0.25, 0.3) is 0 Å². The van der Waals surface area contributed by atoms with Crippen molar-refractivity contribution in [1.29, 1.82) is 0 Å². The fourth-order valence-electron chi connectivity index (χ4n) is 2.45. The second-order valence-corrected chi connectivity index (χ2v) is 6.73. The van der Waals surface area contributed by atoms with Crippen LogP contribution in [0.2, 0.25) is 0 Å². The van der Waals surface area contributed by atoms with E-state index in [1.807, 2.05) is 42.5 Å². The summed E-state index contributed by atoms with van der Waals surface area (Å²) in [6.07, 6.45) is 0. The zero-order valence-corrected chi connectivity index (χ0v) is 14.5. The molecule has 0 fully saturated rings. The molecule has 0 spiro atoms. The number of carbonyl (C=O) groups excluding carboxylic acids is 1. The number of amides is 1. The lowest BCUT2D eigenvalue weighted by molar-refractivity contribution is -0.115. The molecular formula is C20H26N2O. The number of nitrogens with one attached hydrogen (secondary N) is 1. The Morgan fingerprint density at radius 2 is 1.61 bits per heavy atom. The highest BCUT2D eigenvalue weighted by atomic mass is 16.2. The summed E-state index contributed by atoms with van der Waals surface area (Å²) in [6, 6.07) is 18.1. The zero-order valence-electron chi connectivity index (χ0n) is 14.5. The molecule has 0 bridgehead atoms. The van der Waals surface area contributed by atoms with E-state index in [1.54, 1.807) is 0 Å². The minimum Gasteiger partial charge on any atom is -0.362 e. The van der Waals surface area contributed by atoms with Crippen molar-refractivity contribution in [2.24, 2.45) is 0 Å². The maximum Gasteiger partial charge on any atom is 0.243 e. The van der Waals surface area contributed by atoms with Crippen LogP contribution < -0.4 is 10.2 Å². The molecule has 122 valence electrons. The summed E-state index contributed by atoms with van der Waals surface area (Å²) in [5.74, 6) is -0.000730. The number of likely N-dealkylation sites (N-methyl/N-ethyl adjacent to an activating group) is 1. The number of anilines is 2. The molecule has 3 heteroatoms. The molecule has 0 saturated carbocycles. The smallest absolute Gasteiger partial charge is 0.243 e. The summed E-state index contributed by atoms with van der Waals surface area (Å²) in [5, 5.41) is 2.97. The van der Waals surface area contributed by atoms with E-state index in [-0.39, 0.29) is 11.3 Å². The highest BCUT2D eigenvalue weighted by molar-refractivity contribution is 5.94. The van der Waals surface area contributed by atoms with Crippen molar-refractivity contribution in [3.05, 3.63) is 60.2 Å². The third-order valence-corrected chi connectivity index (χ3v) is 3.87. The molecule has 0 radical (unpaired) electrons. The Balaban J connectivity index is 1.99. The van der Waals surface area contributed by atoms with E-state index < -0.39 is 0 Å². The van der Waals surface area contributed by atoms with Gasteiger partial charge in [-0.05, 0) is 42.2 Å². The van der Waals surface area contributed by atoms with Crippen LogP contribution in [0.4, 0.5) is 11.4 Å². The van der Waals surface area contributed by atoms with Gasteiger partial charge >= 0.3 is 0 Å². The Kier molecular flexibility index (Phi) is 5.43. The minimum atomic E-state index is -0.000730. The quantitative estimate of drug-likeness (QED) is 0.885. The van der Waals surface area contributed by atoms with Gasteiger partial charge in [0, 0.05) is 17.9 Å². The van der Waals surface area contributed by atoms with Gasteiger partial charge in [-0.25, -0.2) is 0 Å². The fourth-order valence-corrected chi connectivity index (χ4v) is 2.45. The summed E-state index contributed by atoms with van der Waals surface area (Å²) < 4.78 is 0. The second-order valence-electron chi connectivity index (χ2n) is 6.73. The molecule has 0 aliphatic heterocycles. The second kappa shape index (κ2) is 7.32. The number of para-hydroxylation sites is 1. The predicted molar refractivity (Wildman–Crippen MR) is 98.1 cm³/mol. The Hall–Kier alpha value is -2.29. The Morgan fingerprint density at radius 3 is 2.13 bits per heavy atom. The Morgan fingerprint density at radius 1 is 1.00 bits per heavy atom. The summed E-state index contributed by atoms with van der Waals surface area (Å²) >= 11 is 0. The van der Waals surface area contributed by atoms with E-state index in [9.17, 15) is 4.79 Å². The zero-order chi connectivity index (χ0) is 16.9. The number of carbonyl (C=O) groups is 1. The van der Waals surface area contributed by atoms with Gasteiger partial charge in [-0.1, -0.05) is 51.1 Å². The number of nitrogens with zero attached hydrogens (tertiary/aromatic N) is 1. The van der Waals surface area contributed by atoms with E-state index in [0.717, 1.165) is 17.9 Å². The average Bonchev–Trinajstić information content (AvgIpc) is 2.53. The fraction of sp³-hybridized carbons (Fsp3) is 0.350. The van der Waals surface area contributed by atoms with Crippen molar-refractivity contribution in [3.8, 4) is 0 Å². The Bertz CT molecular complexity index is 627. The van der Waals surface area contributed by atoms with Gasteiger partial charge in [-0.2, -0.15) is 0 Å². The number of hydrogen-bond donors (Lipinski definition) is 1. The van der Waals surface area contributed by atoms with Gasteiger partial charge in [0.1, 0.15) is 0 Å². The van der Waals surface area contributed by atoms with Gasteiger partial charge in [0.15, 0.2) is 0 Å². The normalized spacial score (nSPS) is 11.1. The summed E-state index contributed by atoms with van der Waals surface area (Å²) in [6.45, 7) is 9.74. The molecule has 2 rings (SSSR count). The SMILES string of the molecule is CCN(CC(=O)Nc1ccc(C(C)(C)C)cc1)c1ccccc1. The first kappa shape index (κ1) is 17.1. The van der Waals surface area contributed by atoms with E-state index in [2.05, 4.69) is 50.0 Å². The third-order valence-electron chi connectivity index (χ3n) is 3.87. The van der Waals surface area contributed by atoms with Crippen molar-refractivity contribution in [1.82, 2.24) is 0 Å². The molecule has 0 aromatic heterocycles. The third kappa shape index (κ3) is 4.85. The summed E-state index contributed by atoms with van der Waals surface area (Å²) in [5.41, 5.74) is 3.28. The lowest BCUT2D eigenvalue weighted by Gasteiger charge is -2.22. The lowest BCUT2D eigenvalue weighted by Crippen LogP contribution is -2.33. The van der Waals surface area contributed by atoms with Crippen LogP contribution >= 0.6 is 0 Å². The van der Waals surface area contributed by atoms with Gasteiger partial charge in [-0.3, -0.25) is 4.79 Å². The molecular weight excluding hydrogens is 284 g/mol. The summed E-state index contributed by atoms with van der Waals surface area (Å²) in [7, 11) is 0. The summed E-state index contributed by atoms with van der Waals surface area (Å²) in [4.78, 5) is 14.3. The maximum atomic E-state index is 12.3. The van der Waals surface area contributed by atoms with Crippen LogP contribution in [-0.2, 0) is 10.2 Å².